The molecule has 0 saturated heterocycles. The lowest BCUT2D eigenvalue weighted by Gasteiger charge is -2.34. The quantitative estimate of drug-likeness (QED) is 0.854. The number of aliphatic imine (C=N–C) groups is 1. The predicted molar refractivity (Wildman–Crippen MR) is 72.5 cm³/mol. The topological polar surface area (TPSA) is 37.3 Å². The van der Waals surface area contributed by atoms with Gasteiger partial charge < -0.3 is 5.32 Å². The smallest absolute Gasteiger partial charge is 0.212 e. The van der Waals surface area contributed by atoms with E-state index in [9.17, 15) is 8.78 Å². The summed E-state index contributed by atoms with van der Waals surface area (Å²) in [5.41, 5.74) is 1.00. The van der Waals surface area contributed by atoms with Crippen molar-refractivity contribution in [1.29, 1.82) is 0 Å². The van der Waals surface area contributed by atoms with Gasteiger partial charge in [0.25, 0.3) is 0 Å². The first-order valence-corrected chi connectivity index (χ1v) is 6.30. The molecule has 2 aromatic rings. The van der Waals surface area contributed by atoms with Crippen molar-refractivity contribution in [3.05, 3.63) is 65.5 Å². The molecule has 3 rings (SSSR count). The largest absolute Gasteiger partial charge is 0.361 e. The monoisotopic (exact) mass is 273 g/mol. The maximum absolute atomic E-state index is 13.1. The fourth-order valence-electron chi connectivity index (χ4n) is 2.62. The van der Waals surface area contributed by atoms with E-state index >= 15 is 0 Å². The Hall–Kier alpha value is -2.30. The Morgan fingerprint density at radius 1 is 1.05 bits per heavy atom. The molecule has 1 aromatic carbocycles. The van der Waals surface area contributed by atoms with E-state index in [2.05, 4.69) is 15.3 Å². The van der Waals surface area contributed by atoms with Gasteiger partial charge in [0.2, 0.25) is 5.95 Å². The van der Waals surface area contributed by atoms with Crippen LogP contribution in [-0.4, -0.2) is 17.4 Å². The van der Waals surface area contributed by atoms with Crippen molar-refractivity contribution in [2.75, 3.05) is 0 Å². The van der Waals surface area contributed by atoms with Crippen LogP contribution in [0, 0.1) is 11.8 Å². The summed E-state index contributed by atoms with van der Waals surface area (Å²) in [6.45, 7) is 1.95. The van der Waals surface area contributed by atoms with Crippen LogP contribution in [0.4, 0.5) is 8.78 Å². The Kier molecular flexibility index (Phi) is 2.97. The van der Waals surface area contributed by atoms with Crippen LogP contribution >= 0.6 is 0 Å². The van der Waals surface area contributed by atoms with E-state index in [1.807, 2.05) is 6.92 Å². The molecule has 0 saturated carbocycles. The Morgan fingerprint density at radius 3 is 2.30 bits per heavy atom. The molecule has 1 aliphatic rings. The Balaban J connectivity index is 2.15. The highest BCUT2D eigenvalue weighted by atomic mass is 19.1. The molecule has 0 aliphatic carbocycles. The van der Waals surface area contributed by atoms with E-state index < -0.39 is 11.5 Å². The van der Waals surface area contributed by atoms with E-state index in [4.69, 9.17) is 0 Å². The minimum atomic E-state index is -0.644. The normalized spacial score (nSPS) is 24.6. The SMILES string of the molecule is C[C@@H]1N=CN[C@@]1(c1ccc(F)cc1)c1ccc(F)nc1. The van der Waals surface area contributed by atoms with Gasteiger partial charge in [0.15, 0.2) is 0 Å². The van der Waals surface area contributed by atoms with Gasteiger partial charge in [-0.25, -0.2) is 9.37 Å². The van der Waals surface area contributed by atoms with Crippen LogP contribution in [0.2, 0.25) is 0 Å². The van der Waals surface area contributed by atoms with Gasteiger partial charge in [-0.3, -0.25) is 4.99 Å². The van der Waals surface area contributed by atoms with Gasteiger partial charge in [0, 0.05) is 11.8 Å². The fourth-order valence-corrected chi connectivity index (χ4v) is 2.62. The molecule has 0 unspecified atom stereocenters. The lowest BCUT2D eigenvalue weighted by molar-refractivity contribution is 0.431. The summed E-state index contributed by atoms with van der Waals surface area (Å²) >= 11 is 0. The molecule has 102 valence electrons. The average molecular weight is 273 g/mol. The third-order valence-electron chi connectivity index (χ3n) is 3.70. The fraction of sp³-hybridized carbons (Fsp3) is 0.200. The molecule has 0 bridgehead atoms. The van der Waals surface area contributed by atoms with Gasteiger partial charge in [-0.05, 0) is 30.7 Å². The van der Waals surface area contributed by atoms with E-state index in [1.54, 1.807) is 24.5 Å². The summed E-state index contributed by atoms with van der Waals surface area (Å²) in [6, 6.07) is 9.09. The number of benzene rings is 1. The molecule has 1 aliphatic heterocycles. The van der Waals surface area contributed by atoms with Gasteiger partial charge >= 0.3 is 0 Å². The van der Waals surface area contributed by atoms with Crippen molar-refractivity contribution in [1.82, 2.24) is 10.3 Å². The zero-order chi connectivity index (χ0) is 14.2. The molecule has 20 heavy (non-hydrogen) atoms. The van der Waals surface area contributed by atoms with E-state index in [0.717, 1.165) is 11.1 Å². The third kappa shape index (κ3) is 1.86. The van der Waals surface area contributed by atoms with Crippen LogP contribution in [0.3, 0.4) is 0 Å². The van der Waals surface area contributed by atoms with E-state index in [1.165, 1.54) is 24.4 Å². The lowest BCUT2D eigenvalue weighted by Crippen LogP contribution is -2.45. The van der Waals surface area contributed by atoms with E-state index in [0.29, 0.717) is 0 Å². The van der Waals surface area contributed by atoms with Crippen molar-refractivity contribution < 1.29 is 8.78 Å². The number of hydrogen-bond donors (Lipinski definition) is 1. The summed E-state index contributed by atoms with van der Waals surface area (Å²) in [4.78, 5) is 8.05. The van der Waals surface area contributed by atoms with E-state index in [-0.39, 0.29) is 11.9 Å². The molecule has 1 N–H and O–H groups in total. The summed E-state index contributed by atoms with van der Waals surface area (Å²) in [5, 5.41) is 3.21. The molecule has 2 atom stereocenters. The standard InChI is InChI=1S/C15H13F2N3/c1-10-15(20-9-19-10,11-2-5-13(16)6-3-11)12-4-7-14(17)18-8-12/h2-10H,1H3,(H,19,20)/t10-,15-/m0/s1. The molecule has 3 nitrogen and oxygen atoms in total. The van der Waals surface area contributed by atoms with Crippen LogP contribution in [0.25, 0.3) is 0 Å². The van der Waals surface area contributed by atoms with Crippen LogP contribution in [0.5, 0.6) is 0 Å². The average Bonchev–Trinajstić information content (AvgIpc) is 2.83. The second kappa shape index (κ2) is 4.67. The molecule has 0 radical (unpaired) electrons. The maximum atomic E-state index is 13.1. The Labute approximate surface area is 115 Å². The number of aromatic nitrogens is 1. The number of pyridine rings is 1. The number of nitrogens with zero attached hydrogens (tertiary/aromatic N) is 2. The minimum absolute atomic E-state index is 0.111. The highest BCUT2D eigenvalue weighted by molar-refractivity contribution is 5.64. The first kappa shape index (κ1) is 12.7. The molecule has 5 heteroatoms. The van der Waals surface area contributed by atoms with Gasteiger partial charge in [0.05, 0.1) is 12.4 Å². The van der Waals surface area contributed by atoms with Crippen molar-refractivity contribution in [3.63, 3.8) is 0 Å². The third-order valence-corrected chi connectivity index (χ3v) is 3.70. The summed E-state index contributed by atoms with van der Waals surface area (Å²) in [5.74, 6) is -0.831. The summed E-state index contributed by atoms with van der Waals surface area (Å²) in [7, 11) is 0. The molecule has 0 amide bonds. The van der Waals surface area contributed by atoms with Crippen LogP contribution < -0.4 is 5.32 Å². The van der Waals surface area contributed by atoms with Crippen molar-refractivity contribution >= 4 is 6.34 Å². The minimum Gasteiger partial charge on any atom is -0.361 e. The zero-order valence-electron chi connectivity index (χ0n) is 10.8. The first-order valence-electron chi connectivity index (χ1n) is 6.30. The Bertz CT molecular complexity index is 590. The van der Waals surface area contributed by atoms with Crippen molar-refractivity contribution in [2.45, 2.75) is 18.5 Å². The number of nitrogens with one attached hydrogen (secondary N) is 1. The molecule has 0 fully saturated rings. The van der Waals surface area contributed by atoms with Crippen LogP contribution in [0.15, 0.2) is 47.6 Å². The molecule has 0 spiro atoms. The molecular weight excluding hydrogens is 260 g/mol. The molecule has 2 heterocycles. The van der Waals surface area contributed by atoms with Crippen LogP contribution in [0.1, 0.15) is 18.1 Å². The number of rotatable bonds is 2. The second-order valence-corrected chi connectivity index (χ2v) is 4.78. The molecular formula is C15H13F2N3. The number of hydrogen-bond acceptors (Lipinski definition) is 3. The zero-order valence-corrected chi connectivity index (χ0v) is 10.8. The van der Waals surface area contributed by atoms with Crippen molar-refractivity contribution in [3.8, 4) is 0 Å². The van der Waals surface area contributed by atoms with Crippen LogP contribution in [-0.2, 0) is 5.54 Å². The maximum Gasteiger partial charge on any atom is 0.212 e. The highest BCUT2D eigenvalue weighted by Gasteiger charge is 2.42. The highest BCUT2D eigenvalue weighted by Crippen LogP contribution is 2.36. The Morgan fingerprint density at radius 2 is 1.75 bits per heavy atom. The van der Waals surface area contributed by atoms with Gasteiger partial charge in [-0.15, -0.1) is 0 Å². The summed E-state index contributed by atoms with van der Waals surface area (Å²) in [6.07, 6.45) is 3.11. The lowest BCUT2D eigenvalue weighted by atomic mass is 9.79. The van der Waals surface area contributed by atoms with Gasteiger partial charge in [-0.1, -0.05) is 18.2 Å². The second-order valence-electron chi connectivity index (χ2n) is 4.78. The molecule has 1 aromatic heterocycles. The number of halogens is 2. The van der Waals surface area contributed by atoms with Gasteiger partial charge in [0.1, 0.15) is 11.4 Å². The van der Waals surface area contributed by atoms with Crippen molar-refractivity contribution in [2.24, 2.45) is 4.99 Å². The van der Waals surface area contributed by atoms with Gasteiger partial charge in [-0.2, -0.15) is 4.39 Å². The first-order chi connectivity index (χ1) is 9.63. The predicted octanol–water partition coefficient (Wildman–Crippen LogP) is 2.62. The summed E-state index contributed by atoms with van der Waals surface area (Å²) < 4.78 is 26.2.